The van der Waals surface area contributed by atoms with E-state index in [0.717, 1.165) is 0 Å². The Kier molecular flexibility index (Phi) is 5.91. The van der Waals surface area contributed by atoms with Crippen molar-refractivity contribution in [1.82, 2.24) is 0 Å². The minimum Gasteiger partial charge on any atom is -0.481 e. The van der Waals surface area contributed by atoms with Crippen LogP contribution in [0.15, 0.2) is 18.2 Å². The first kappa shape index (κ1) is 15.1. The van der Waals surface area contributed by atoms with Crippen molar-refractivity contribution < 1.29 is 19.4 Å². The number of carboxylic acids is 1. The molecule has 0 spiro atoms. The highest BCUT2D eigenvalue weighted by molar-refractivity contribution is 6.31. The van der Waals surface area contributed by atoms with Crippen molar-refractivity contribution in [3.8, 4) is 11.8 Å². The monoisotopic (exact) mass is 280 g/mol. The van der Waals surface area contributed by atoms with Gasteiger partial charge in [-0.05, 0) is 24.6 Å². The Labute approximate surface area is 116 Å². The highest BCUT2D eigenvalue weighted by Crippen LogP contribution is 2.18. The van der Waals surface area contributed by atoms with Crippen LogP contribution in [-0.2, 0) is 20.7 Å². The van der Waals surface area contributed by atoms with Gasteiger partial charge in [-0.2, -0.15) is 0 Å². The molecule has 1 N–H and O–H groups in total. The van der Waals surface area contributed by atoms with E-state index in [1.54, 1.807) is 25.1 Å². The van der Waals surface area contributed by atoms with Crippen molar-refractivity contribution in [2.24, 2.45) is 0 Å². The molecule has 0 aliphatic carbocycles. The van der Waals surface area contributed by atoms with Crippen molar-refractivity contribution in [3.05, 3.63) is 34.3 Å². The van der Waals surface area contributed by atoms with E-state index in [4.69, 9.17) is 21.4 Å². The number of halogens is 1. The Balaban J connectivity index is 2.71. The first-order valence-electron chi connectivity index (χ1n) is 5.67. The van der Waals surface area contributed by atoms with Crippen LogP contribution in [0.3, 0.4) is 0 Å². The average Bonchev–Trinajstić information content (AvgIpc) is 2.32. The minimum atomic E-state index is -0.942. The molecule has 0 amide bonds. The minimum absolute atomic E-state index is 0.0162. The fraction of sp³-hybridized carbons (Fsp3) is 0.286. The zero-order valence-corrected chi connectivity index (χ0v) is 11.2. The molecule has 0 saturated carbocycles. The Bertz CT molecular complexity index is 540. The van der Waals surface area contributed by atoms with Crippen LogP contribution in [0.25, 0.3) is 0 Å². The molecule has 0 aromatic heterocycles. The normalized spacial score (nSPS) is 9.37. The Morgan fingerprint density at radius 1 is 1.42 bits per heavy atom. The lowest BCUT2D eigenvalue weighted by atomic mass is 10.1. The first-order chi connectivity index (χ1) is 9.02. The summed E-state index contributed by atoms with van der Waals surface area (Å²) >= 11 is 5.94. The summed E-state index contributed by atoms with van der Waals surface area (Å²) in [6.07, 6.45) is -0.113. The third-order valence-electron chi connectivity index (χ3n) is 2.17. The van der Waals surface area contributed by atoms with Crippen LogP contribution in [0.2, 0.25) is 5.02 Å². The quantitative estimate of drug-likeness (QED) is 0.679. The highest BCUT2D eigenvalue weighted by atomic mass is 35.5. The molecule has 1 rings (SSSR count). The van der Waals surface area contributed by atoms with Gasteiger partial charge in [0.25, 0.3) is 0 Å². The molecule has 0 atom stereocenters. The number of hydrogen-bond acceptors (Lipinski definition) is 3. The van der Waals surface area contributed by atoms with Crippen LogP contribution >= 0.6 is 11.6 Å². The van der Waals surface area contributed by atoms with E-state index < -0.39 is 5.97 Å². The Morgan fingerprint density at radius 3 is 2.74 bits per heavy atom. The number of carboxylic acid groups (broad SMARTS) is 1. The van der Waals surface area contributed by atoms with Gasteiger partial charge in [-0.15, -0.1) is 0 Å². The van der Waals surface area contributed by atoms with Crippen molar-refractivity contribution >= 4 is 23.5 Å². The van der Waals surface area contributed by atoms with Gasteiger partial charge in [0.15, 0.2) is 0 Å². The molecule has 4 nitrogen and oxygen atoms in total. The van der Waals surface area contributed by atoms with Gasteiger partial charge >= 0.3 is 11.9 Å². The molecule has 5 heteroatoms. The fourth-order valence-corrected chi connectivity index (χ4v) is 1.61. The first-order valence-corrected chi connectivity index (χ1v) is 6.05. The standard InChI is InChI=1S/C14H13ClO4/c1-2-19-14(18)5-3-4-10-6-7-11(9-13(16)17)12(15)8-10/h6-8H,2,5,9H2,1H3,(H,16,17). The van der Waals surface area contributed by atoms with Crippen LogP contribution in [0.5, 0.6) is 0 Å². The molecule has 0 saturated heterocycles. The summed E-state index contributed by atoms with van der Waals surface area (Å²) < 4.78 is 4.73. The topological polar surface area (TPSA) is 63.6 Å². The molecule has 0 heterocycles. The number of carbonyl (C=O) groups excluding carboxylic acids is 1. The molecule has 0 radical (unpaired) electrons. The summed E-state index contributed by atoms with van der Waals surface area (Å²) in [5, 5.41) is 9.03. The van der Waals surface area contributed by atoms with Gasteiger partial charge in [-0.25, -0.2) is 0 Å². The fourth-order valence-electron chi connectivity index (χ4n) is 1.36. The number of benzene rings is 1. The molecule has 100 valence electrons. The number of rotatable bonds is 4. The number of aliphatic carboxylic acids is 1. The van der Waals surface area contributed by atoms with E-state index >= 15 is 0 Å². The zero-order valence-electron chi connectivity index (χ0n) is 10.4. The summed E-state index contributed by atoms with van der Waals surface area (Å²) in [4.78, 5) is 21.6. The molecule has 0 aliphatic heterocycles. The second-order valence-electron chi connectivity index (χ2n) is 3.66. The lowest BCUT2D eigenvalue weighted by Gasteiger charge is -2.01. The van der Waals surface area contributed by atoms with Gasteiger partial charge in [0.05, 0.1) is 13.0 Å². The van der Waals surface area contributed by atoms with E-state index in [2.05, 4.69) is 11.8 Å². The molecular formula is C14H13ClO4. The van der Waals surface area contributed by atoms with Crippen LogP contribution in [0.1, 0.15) is 24.5 Å². The van der Waals surface area contributed by atoms with E-state index in [1.165, 1.54) is 0 Å². The predicted octanol–water partition coefficient (Wildman–Crippen LogP) is 2.27. The third-order valence-corrected chi connectivity index (χ3v) is 2.52. The predicted molar refractivity (Wildman–Crippen MR) is 70.9 cm³/mol. The second-order valence-corrected chi connectivity index (χ2v) is 4.07. The Hall–Kier alpha value is -1.99. The van der Waals surface area contributed by atoms with Crippen molar-refractivity contribution in [2.75, 3.05) is 6.61 Å². The molecule has 1 aromatic rings. The number of hydrogen-bond donors (Lipinski definition) is 1. The van der Waals surface area contributed by atoms with E-state index in [0.29, 0.717) is 22.8 Å². The molecule has 0 bridgehead atoms. The second kappa shape index (κ2) is 7.45. The van der Waals surface area contributed by atoms with Crippen molar-refractivity contribution in [3.63, 3.8) is 0 Å². The van der Waals surface area contributed by atoms with Crippen molar-refractivity contribution in [2.45, 2.75) is 19.8 Å². The number of carbonyl (C=O) groups is 2. The van der Waals surface area contributed by atoms with Gasteiger partial charge in [-0.3, -0.25) is 9.59 Å². The lowest BCUT2D eigenvalue weighted by Crippen LogP contribution is -2.01. The molecule has 0 fully saturated rings. The SMILES string of the molecule is CCOC(=O)CC#Cc1ccc(CC(=O)O)c(Cl)c1. The van der Waals surface area contributed by atoms with Crippen LogP contribution in [0.4, 0.5) is 0 Å². The van der Waals surface area contributed by atoms with Gasteiger partial charge in [0, 0.05) is 10.6 Å². The summed E-state index contributed by atoms with van der Waals surface area (Å²) in [6.45, 7) is 2.06. The van der Waals surface area contributed by atoms with E-state index in [9.17, 15) is 9.59 Å². The molecule has 0 aliphatic rings. The van der Waals surface area contributed by atoms with E-state index in [-0.39, 0.29) is 18.8 Å². The zero-order chi connectivity index (χ0) is 14.3. The molecule has 1 aromatic carbocycles. The van der Waals surface area contributed by atoms with Crippen LogP contribution in [0, 0.1) is 11.8 Å². The molecular weight excluding hydrogens is 268 g/mol. The van der Waals surface area contributed by atoms with E-state index in [1.807, 2.05) is 0 Å². The number of esters is 1. The summed E-state index contributed by atoms with van der Waals surface area (Å²) in [6, 6.07) is 4.87. The average molecular weight is 281 g/mol. The summed E-state index contributed by atoms with van der Waals surface area (Å²) in [5.74, 6) is 4.13. The number of ether oxygens (including phenoxy) is 1. The maximum absolute atomic E-state index is 11.1. The largest absolute Gasteiger partial charge is 0.481 e. The van der Waals surface area contributed by atoms with Gasteiger partial charge < -0.3 is 9.84 Å². The van der Waals surface area contributed by atoms with Gasteiger partial charge in [-0.1, -0.05) is 29.5 Å². The lowest BCUT2D eigenvalue weighted by molar-refractivity contribution is -0.142. The summed E-state index contributed by atoms with van der Waals surface area (Å²) in [7, 11) is 0. The van der Waals surface area contributed by atoms with Crippen LogP contribution in [-0.4, -0.2) is 23.7 Å². The third kappa shape index (κ3) is 5.45. The summed E-state index contributed by atoms with van der Waals surface area (Å²) in [5.41, 5.74) is 1.16. The molecule has 19 heavy (non-hydrogen) atoms. The van der Waals surface area contributed by atoms with Gasteiger partial charge in [0.2, 0.25) is 0 Å². The molecule has 0 unspecified atom stereocenters. The van der Waals surface area contributed by atoms with Crippen molar-refractivity contribution in [1.29, 1.82) is 0 Å². The maximum atomic E-state index is 11.1. The Morgan fingerprint density at radius 2 is 2.16 bits per heavy atom. The maximum Gasteiger partial charge on any atom is 0.317 e. The van der Waals surface area contributed by atoms with Gasteiger partial charge in [0.1, 0.15) is 6.42 Å². The smallest absolute Gasteiger partial charge is 0.317 e. The highest BCUT2D eigenvalue weighted by Gasteiger charge is 2.05. The van der Waals surface area contributed by atoms with Crippen LogP contribution < -0.4 is 0 Å².